The van der Waals surface area contributed by atoms with Gasteiger partial charge in [-0.2, -0.15) is 0 Å². The average molecular weight is 340 g/mol. The minimum absolute atomic E-state index is 0.475. The van der Waals surface area contributed by atoms with Crippen LogP contribution in [0.2, 0.25) is 0 Å². The zero-order valence-electron chi connectivity index (χ0n) is 10.4. The van der Waals surface area contributed by atoms with Crippen LogP contribution in [0.1, 0.15) is 6.23 Å². The highest BCUT2D eigenvalue weighted by molar-refractivity contribution is 8.06. The Kier molecular flexibility index (Phi) is 4.76. The number of ether oxygens (including phenoxy) is 1. The molecule has 0 spiro atoms. The number of rotatable bonds is 4. The molecule has 0 radical (unpaired) electrons. The van der Waals surface area contributed by atoms with Crippen molar-refractivity contribution in [3.63, 3.8) is 0 Å². The first-order valence-electron chi connectivity index (χ1n) is 5.72. The predicted molar refractivity (Wildman–Crippen MR) is 71.9 cm³/mol. The van der Waals surface area contributed by atoms with Crippen LogP contribution in [0.4, 0.5) is 0 Å². The van der Waals surface area contributed by atoms with Crippen LogP contribution in [0.3, 0.4) is 0 Å². The van der Waals surface area contributed by atoms with Crippen molar-refractivity contribution in [3.8, 4) is 0 Å². The zero-order chi connectivity index (χ0) is 15.8. The zero-order valence-corrected chi connectivity index (χ0v) is 12.1. The molecule has 0 bridgehead atoms. The molecule has 2 heterocycles. The van der Waals surface area contributed by atoms with E-state index in [0.29, 0.717) is 0 Å². The number of nitrogens with one attached hydrogen (secondary N) is 1. The fourth-order valence-corrected chi connectivity index (χ4v) is 2.42. The van der Waals surface area contributed by atoms with Crippen molar-refractivity contribution in [2.24, 2.45) is 0 Å². The molecule has 1 aliphatic rings. The van der Waals surface area contributed by atoms with Crippen LogP contribution in [0.5, 0.6) is 0 Å². The Morgan fingerprint density at radius 2 is 2.05 bits per heavy atom. The third kappa shape index (κ3) is 3.84. The van der Waals surface area contributed by atoms with Crippen molar-refractivity contribution in [1.29, 1.82) is 0 Å². The number of hydrogen-bond donors (Lipinski definition) is 5. The van der Waals surface area contributed by atoms with Gasteiger partial charge in [0.05, 0.1) is 6.61 Å². The second-order valence-electron chi connectivity index (χ2n) is 4.35. The number of aromatic amines is 1. The highest BCUT2D eigenvalue weighted by Crippen LogP contribution is 2.38. The molecule has 0 saturated carbocycles. The lowest BCUT2D eigenvalue weighted by molar-refractivity contribution is -0.0527. The van der Waals surface area contributed by atoms with E-state index in [4.69, 9.17) is 14.5 Å². The molecule has 0 aliphatic carbocycles. The van der Waals surface area contributed by atoms with Crippen LogP contribution in [-0.2, 0) is 21.1 Å². The van der Waals surface area contributed by atoms with Gasteiger partial charge >= 0.3 is 12.4 Å². The van der Waals surface area contributed by atoms with Crippen molar-refractivity contribution < 1.29 is 29.3 Å². The Bertz CT molecular complexity index is 668. The number of aromatic nitrogens is 2. The van der Waals surface area contributed by atoms with E-state index in [0.717, 1.165) is 16.8 Å². The lowest BCUT2D eigenvalue weighted by Gasteiger charge is -2.17. The summed E-state index contributed by atoms with van der Waals surface area (Å²) in [7, 11) is 0. The molecular formula is C9H13N2O8PS. The molecule has 0 aromatic carbocycles. The molecule has 2 rings (SSSR count). The van der Waals surface area contributed by atoms with Crippen molar-refractivity contribution in [1.82, 2.24) is 9.55 Å². The predicted octanol–water partition coefficient (Wildman–Crippen LogP) is -2.62. The first-order chi connectivity index (χ1) is 9.69. The normalized spacial score (nSPS) is 29.7. The maximum absolute atomic E-state index is 11.6. The number of H-pyrrole nitrogens is 1. The highest BCUT2D eigenvalue weighted by atomic mass is 32.5. The fourth-order valence-electron chi connectivity index (χ4n) is 1.89. The molecule has 0 unspecified atom stereocenters. The van der Waals surface area contributed by atoms with E-state index in [1.165, 1.54) is 0 Å². The third-order valence-electron chi connectivity index (χ3n) is 2.87. The summed E-state index contributed by atoms with van der Waals surface area (Å²) in [6.07, 6.45) is -4.18. The van der Waals surface area contributed by atoms with Crippen molar-refractivity contribution in [3.05, 3.63) is 33.1 Å². The molecule has 118 valence electrons. The smallest absolute Gasteiger partial charge is 0.330 e. The molecule has 12 heteroatoms. The second-order valence-corrected chi connectivity index (χ2v) is 7.02. The van der Waals surface area contributed by atoms with Crippen molar-refractivity contribution in [2.75, 3.05) is 6.61 Å². The molecule has 21 heavy (non-hydrogen) atoms. The van der Waals surface area contributed by atoms with E-state index in [-0.39, 0.29) is 0 Å². The molecule has 1 saturated heterocycles. The Labute approximate surface area is 122 Å². The first-order valence-corrected chi connectivity index (χ1v) is 8.35. The third-order valence-corrected chi connectivity index (χ3v) is 3.67. The standard InChI is InChI=1S/C9H13N2O8PS/c12-5-1-2-11(9(15)10-5)8-7(14)6(13)4(19-8)3-18-20(16,17)21/h1-2,4,6-8,13-14H,3H2,(H,10,12,15)(H2,16,17,21)/t4-,6+,7+,8-/m1/s1. The van der Waals surface area contributed by atoms with E-state index in [2.05, 4.69) is 16.3 Å². The Morgan fingerprint density at radius 3 is 2.62 bits per heavy atom. The van der Waals surface area contributed by atoms with Gasteiger partial charge in [0.1, 0.15) is 18.3 Å². The van der Waals surface area contributed by atoms with Crippen LogP contribution in [0.15, 0.2) is 21.9 Å². The minimum Gasteiger partial charge on any atom is -0.387 e. The van der Waals surface area contributed by atoms with Crippen LogP contribution < -0.4 is 11.2 Å². The fraction of sp³-hybridized carbons (Fsp3) is 0.556. The van der Waals surface area contributed by atoms with Gasteiger partial charge in [-0.25, -0.2) is 4.79 Å². The summed E-state index contributed by atoms with van der Waals surface area (Å²) >= 11 is 4.25. The summed E-state index contributed by atoms with van der Waals surface area (Å²) in [5, 5.41) is 19.7. The minimum atomic E-state index is -3.93. The number of aliphatic hydroxyl groups is 2. The lowest BCUT2D eigenvalue weighted by Crippen LogP contribution is -2.37. The Hall–Kier alpha value is -0.910. The molecule has 1 fully saturated rings. The Balaban J connectivity index is 2.18. The molecule has 0 amide bonds. The first kappa shape index (κ1) is 16.5. The van der Waals surface area contributed by atoms with E-state index in [1.54, 1.807) is 0 Å². The van der Waals surface area contributed by atoms with Gasteiger partial charge in [0, 0.05) is 12.3 Å². The van der Waals surface area contributed by atoms with Crippen molar-refractivity contribution >= 4 is 18.5 Å². The number of aliphatic hydroxyl groups excluding tert-OH is 2. The number of nitrogens with zero attached hydrogens (tertiary/aromatic N) is 1. The second kappa shape index (κ2) is 6.07. The maximum atomic E-state index is 11.6. The Morgan fingerprint density at radius 1 is 1.38 bits per heavy atom. The molecule has 4 atom stereocenters. The highest BCUT2D eigenvalue weighted by Gasteiger charge is 2.44. The molecule has 1 aromatic heterocycles. The quantitative estimate of drug-likeness (QED) is 0.371. The van der Waals surface area contributed by atoms with Gasteiger partial charge in [0.15, 0.2) is 6.23 Å². The molecular weight excluding hydrogens is 327 g/mol. The monoisotopic (exact) mass is 340 g/mol. The molecule has 1 aromatic rings. The van der Waals surface area contributed by atoms with E-state index in [9.17, 15) is 19.8 Å². The van der Waals surface area contributed by atoms with Crippen LogP contribution in [0.25, 0.3) is 0 Å². The maximum Gasteiger partial charge on any atom is 0.330 e. The summed E-state index contributed by atoms with van der Waals surface area (Å²) in [5.74, 6) is 0. The van der Waals surface area contributed by atoms with E-state index < -0.39 is 49.1 Å². The van der Waals surface area contributed by atoms with E-state index >= 15 is 0 Å². The van der Waals surface area contributed by atoms with E-state index in [1.807, 2.05) is 4.98 Å². The van der Waals surface area contributed by atoms with Gasteiger partial charge in [-0.3, -0.25) is 14.3 Å². The molecule has 1 aliphatic heterocycles. The SMILES string of the molecule is O=c1ccn([C@@H]2O[C@H](COP(O)(O)=S)[C@H](O)[C@@H]2O)c(=O)[nH]1. The van der Waals surface area contributed by atoms with Gasteiger partial charge in [-0.1, -0.05) is 0 Å². The molecule has 10 nitrogen and oxygen atoms in total. The van der Waals surface area contributed by atoms with Gasteiger partial charge in [-0.05, 0) is 11.8 Å². The summed E-state index contributed by atoms with van der Waals surface area (Å²) < 4.78 is 10.7. The van der Waals surface area contributed by atoms with Crippen LogP contribution >= 0.6 is 6.72 Å². The van der Waals surface area contributed by atoms with Gasteiger partial charge in [0.2, 0.25) is 0 Å². The summed E-state index contributed by atoms with van der Waals surface area (Å²) in [4.78, 5) is 42.5. The van der Waals surface area contributed by atoms with Gasteiger partial charge in [-0.15, -0.1) is 0 Å². The van der Waals surface area contributed by atoms with Gasteiger partial charge in [0.25, 0.3) is 5.56 Å². The van der Waals surface area contributed by atoms with Gasteiger partial charge < -0.3 is 29.3 Å². The summed E-state index contributed by atoms with van der Waals surface area (Å²) in [5.41, 5.74) is -1.44. The average Bonchev–Trinajstić information content (AvgIpc) is 2.64. The number of hydrogen-bond acceptors (Lipinski definition) is 7. The van der Waals surface area contributed by atoms with Crippen LogP contribution in [0, 0.1) is 0 Å². The van der Waals surface area contributed by atoms with Crippen molar-refractivity contribution in [2.45, 2.75) is 24.5 Å². The largest absolute Gasteiger partial charge is 0.387 e. The lowest BCUT2D eigenvalue weighted by atomic mass is 10.1. The van der Waals surface area contributed by atoms with Crippen LogP contribution in [-0.4, -0.2) is 54.5 Å². The summed E-state index contributed by atoms with van der Waals surface area (Å²) in [6.45, 7) is -4.40. The molecule has 5 N–H and O–H groups in total. The topological polar surface area (TPSA) is 154 Å². The summed E-state index contributed by atoms with van der Waals surface area (Å²) in [6, 6.07) is 1.05.